The molecule has 0 bridgehead atoms. The number of halogens is 1. The van der Waals surface area contributed by atoms with Gasteiger partial charge in [-0.3, -0.25) is 23.7 Å². The Kier molecular flexibility index (Phi) is 11.4. The van der Waals surface area contributed by atoms with Crippen LogP contribution in [0.4, 0.5) is 33.5 Å². The molecular formula is C47H54FN11O5. The number of hydrogen-bond donors (Lipinski definition) is 3. The molecule has 2 amide bonds. The Balaban J connectivity index is 0.752. The number of fused-ring (bicyclic) bond motifs is 1. The molecule has 3 aliphatic carbocycles. The van der Waals surface area contributed by atoms with Gasteiger partial charge < -0.3 is 30.5 Å². The molecule has 3 N–H and O–H groups in total. The Hall–Kier alpha value is -6.36. The van der Waals surface area contributed by atoms with Crippen molar-refractivity contribution >= 4 is 57.7 Å². The lowest BCUT2D eigenvalue weighted by Crippen LogP contribution is -2.59. The van der Waals surface area contributed by atoms with Gasteiger partial charge in [-0.2, -0.15) is 9.37 Å². The van der Waals surface area contributed by atoms with E-state index in [9.17, 15) is 23.6 Å². The van der Waals surface area contributed by atoms with Crippen LogP contribution in [0.15, 0.2) is 59.7 Å². The molecule has 1 saturated heterocycles. The van der Waals surface area contributed by atoms with E-state index in [2.05, 4.69) is 40.8 Å². The summed E-state index contributed by atoms with van der Waals surface area (Å²) < 4.78 is 22.4. The van der Waals surface area contributed by atoms with Gasteiger partial charge in [0.2, 0.25) is 11.9 Å². The van der Waals surface area contributed by atoms with Crippen molar-refractivity contribution in [3.63, 3.8) is 0 Å². The number of rotatable bonds is 12. The van der Waals surface area contributed by atoms with Crippen LogP contribution in [-0.2, 0) is 9.53 Å². The van der Waals surface area contributed by atoms with Crippen LogP contribution in [0.2, 0.25) is 0 Å². The molecule has 0 unspecified atom stereocenters. The van der Waals surface area contributed by atoms with Crippen LogP contribution in [0.3, 0.4) is 0 Å². The van der Waals surface area contributed by atoms with Gasteiger partial charge in [0.1, 0.15) is 28.7 Å². The van der Waals surface area contributed by atoms with E-state index in [0.717, 1.165) is 62.7 Å². The highest BCUT2D eigenvalue weighted by Crippen LogP contribution is 2.58. The Bertz CT molecular complexity index is 2680. The molecule has 64 heavy (non-hydrogen) atoms. The number of pyridine rings is 4. The molecule has 0 atom stereocenters. The normalized spacial score (nSPS) is 21.1. The minimum absolute atomic E-state index is 0.0138. The van der Waals surface area contributed by atoms with Crippen molar-refractivity contribution in [3.05, 3.63) is 93.5 Å². The minimum Gasteiger partial charge on any atom is -0.367 e. The lowest BCUT2D eigenvalue weighted by Gasteiger charge is -2.58. The summed E-state index contributed by atoms with van der Waals surface area (Å²) in [4.78, 5) is 79.3. The van der Waals surface area contributed by atoms with Crippen molar-refractivity contribution in [1.82, 2.24) is 34.4 Å². The number of amides is 2. The average molecular weight is 872 g/mol. The molecule has 0 radical (unpaired) electrons. The summed E-state index contributed by atoms with van der Waals surface area (Å²) in [6, 6.07) is 11.8. The number of anilines is 5. The molecule has 334 valence electrons. The zero-order valence-corrected chi connectivity index (χ0v) is 36.9. The van der Waals surface area contributed by atoms with E-state index in [1.54, 1.807) is 36.0 Å². The third kappa shape index (κ3) is 8.52. The van der Waals surface area contributed by atoms with Crippen LogP contribution >= 0.6 is 0 Å². The summed E-state index contributed by atoms with van der Waals surface area (Å²) in [7, 11) is 0. The van der Waals surface area contributed by atoms with Gasteiger partial charge in [-0.1, -0.05) is 18.9 Å². The van der Waals surface area contributed by atoms with Crippen molar-refractivity contribution in [2.45, 2.75) is 110 Å². The van der Waals surface area contributed by atoms with E-state index < -0.39 is 17.5 Å². The van der Waals surface area contributed by atoms with E-state index in [4.69, 9.17) is 9.72 Å². The van der Waals surface area contributed by atoms with Crippen LogP contribution in [0.5, 0.6) is 0 Å². The Morgan fingerprint density at radius 1 is 0.875 bits per heavy atom. The first-order valence-corrected chi connectivity index (χ1v) is 22.2. The number of carbonyl (C=O) groups excluding carboxylic acids is 3. The van der Waals surface area contributed by atoms with Crippen LogP contribution in [-0.4, -0.2) is 95.9 Å². The molecule has 16 nitrogen and oxygen atoms in total. The number of nitrogens with zero attached hydrogens (tertiary/aromatic N) is 8. The van der Waals surface area contributed by atoms with Gasteiger partial charge in [0.25, 0.3) is 17.4 Å². The first kappa shape index (κ1) is 42.9. The van der Waals surface area contributed by atoms with Crippen molar-refractivity contribution in [2.75, 3.05) is 47.0 Å². The Labute approximate surface area is 370 Å². The number of Topliss-reactive ketones (excluding diaryl/α,β-unsaturated/α-hetero) is 1. The van der Waals surface area contributed by atoms with E-state index >= 15 is 0 Å². The molecule has 4 fully saturated rings. The summed E-state index contributed by atoms with van der Waals surface area (Å²) in [5.41, 5.74) is 2.04. The molecule has 5 aromatic rings. The Morgan fingerprint density at radius 3 is 2.31 bits per heavy atom. The maximum Gasteiger partial charge on any atom is 0.263 e. The van der Waals surface area contributed by atoms with E-state index in [1.165, 1.54) is 19.1 Å². The Morgan fingerprint density at radius 2 is 1.62 bits per heavy atom. The second-order valence-corrected chi connectivity index (χ2v) is 18.5. The highest BCUT2D eigenvalue weighted by atomic mass is 19.1. The van der Waals surface area contributed by atoms with Crippen molar-refractivity contribution in [2.24, 2.45) is 5.41 Å². The number of aryl methyl sites for hydroxylation is 2. The second kappa shape index (κ2) is 17.0. The summed E-state index contributed by atoms with van der Waals surface area (Å²) in [6.45, 7) is 11.1. The molecule has 5 aromatic heterocycles. The summed E-state index contributed by atoms with van der Waals surface area (Å²) in [5, 5.41) is 9.95. The van der Waals surface area contributed by atoms with Crippen LogP contribution in [0.1, 0.15) is 110 Å². The number of ketones is 1. The SMILES string of the molecule is CC(=O)c1c(C)c2cnc(Nc3ccc(N4CCN(C(=O)C(C)(C)OC5CC6(CC(Nc7nc(F)ccc7C(=O)Nc7cccc(C)n7)C6)C5)CC4)cn3)nc2n(C2CCCC2)c1=O. The van der Waals surface area contributed by atoms with Gasteiger partial charge in [0.15, 0.2) is 5.78 Å². The standard InChI is InChI=1S/C47H54FN11O5/c1-27-9-8-12-38(51-27)54-42(61)34-14-15-36(48)53-40(34)52-30-21-47(22-30)23-33(24-47)64-46(4,5)44(63)58-19-17-57(18-20-58)32-13-16-37(49-25-32)55-45-50-26-35-28(2)39(29(3)60)43(62)59(41(35)56-45)31-10-6-7-11-31/h8-9,12-16,25-26,30-31,33H,6-7,10-11,17-24H2,1-5H3,(H,52,53)(H,51,54,61)(H,49,50,55,56). The lowest BCUT2D eigenvalue weighted by atomic mass is 9.52. The van der Waals surface area contributed by atoms with Crippen molar-refractivity contribution < 1.29 is 23.5 Å². The van der Waals surface area contributed by atoms with Gasteiger partial charge >= 0.3 is 0 Å². The van der Waals surface area contributed by atoms with E-state index in [1.807, 2.05) is 43.9 Å². The topological polar surface area (TPSA) is 189 Å². The fourth-order valence-electron chi connectivity index (χ4n) is 10.2. The molecular weight excluding hydrogens is 818 g/mol. The fraction of sp³-hybridized carbons (Fsp3) is 0.468. The molecule has 0 aromatic carbocycles. The molecule has 9 rings (SSSR count). The fourth-order valence-corrected chi connectivity index (χ4v) is 10.2. The predicted molar refractivity (Wildman–Crippen MR) is 241 cm³/mol. The molecule has 17 heteroatoms. The van der Waals surface area contributed by atoms with Gasteiger partial charge in [0.05, 0.1) is 29.1 Å². The van der Waals surface area contributed by atoms with Gasteiger partial charge in [-0.15, -0.1) is 0 Å². The quantitative estimate of drug-likeness (QED) is 0.0867. The largest absolute Gasteiger partial charge is 0.367 e. The lowest BCUT2D eigenvalue weighted by molar-refractivity contribution is -0.190. The zero-order chi connectivity index (χ0) is 44.9. The van der Waals surface area contributed by atoms with E-state index in [0.29, 0.717) is 60.4 Å². The first-order valence-electron chi connectivity index (χ1n) is 22.2. The number of aromatic nitrogens is 6. The molecule has 6 heterocycles. The third-order valence-corrected chi connectivity index (χ3v) is 13.4. The van der Waals surface area contributed by atoms with Crippen LogP contribution in [0.25, 0.3) is 11.0 Å². The number of carbonyl (C=O) groups is 3. The van der Waals surface area contributed by atoms with Gasteiger partial charge in [-0.05, 0) is 121 Å². The second-order valence-electron chi connectivity index (χ2n) is 18.5. The summed E-state index contributed by atoms with van der Waals surface area (Å²) in [6.07, 6.45) is 10.5. The predicted octanol–water partition coefficient (Wildman–Crippen LogP) is 6.91. The summed E-state index contributed by atoms with van der Waals surface area (Å²) in [5.74, 6) is 0.0854. The molecule has 4 aliphatic rings. The number of hydrogen-bond acceptors (Lipinski definition) is 13. The van der Waals surface area contributed by atoms with Gasteiger partial charge in [0, 0.05) is 55.5 Å². The highest BCUT2D eigenvalue weighted by Gasteiger charge is 2.55. The van der Waals surface area contributed by atoms with Crippen LogP contribution < -0.4 is 26.4 Å². The first-order chi connectivity index (χ1) is 30.6. The molecule has 3 saturated carbocycles. The van der Waals surface area contributed by atoms with Gasteiger partial charge in [-0.25, -0.2) is 19.9 Å². The smallest absolute Gasteiger partial charge is 0.263 e. The number of nitrogens with one attached hydrogen (secondary N) is 3. The van der Waals surface area contributed by atoms with Crippen LogP contribution in [0, 0.1) is 25.2 Å². The van der Waals surface area contributed by atoms with Crippen molar-refractivity contribution in [1.29, 1.82) is 0 Å². The molecule has 1 aliphatic heterocycles. The number of ether oxygens (including phenoxy) is 1. The van der Waals surface area contributed by atoms with E-state index in [-0.39, 0.29) is 57.8 Å². The third-order valence-electron chi connectivity index (χ3n) is 13.4. The maximum absolute atomic E-state index is 14.2. The highest BCUT2D eigenvalue weighted by molar-refractivity contribution is 6.07. The number of piperazine rings is 1. The minimum atomic E-state index is -0.991. The monoisotopic (exact) mass is 871 g/mol. The average Bonchev–Trinajstić information content (AvgIpc) is 3.77. The zero-order valence-electron chi connectivity index (χ0n) is 36.9. The maximum atomic E-state index is 14.2. The molecule has 1 spiro atoms. The summed E-state index contributed by atoms with van der Waals surface area (Å²) >= 11 is 0. The van der Waals surface area contributed by atoms with Crippen molar-refractivity contribution in [3.8, 4) is 0 Å².